The van der Waals surface area contributed by atoms with Crippen molar-refractivity contribution >= 4 is 17.3 Å². The Balaban J connectivity index is 1.47. The van der Waals surface area contributed by atoms with E-state index in [1.54, 1.807) is 12.0 Å². The minimum absolute atomic E-state index is 0.180. The Hall–Kier alpha value is -4.79. The predicted molar refractivity (Wildman–Crippen MR) is 136 cm³/mol. The van der Waals surface area contributed by atoms with E-state index in [0.29, 0.717) is 40.2 Å². The second-order valence-electron chi connectivity index (χ2n) is 8.82. The summed E-state index contributed by atoms with van der Waals surface area (Å²) in [5.41, 5.74) is 4.76. The van der Waals surface area contributed by atoms with Crippen LogP contribution in [0.3, 0.4) is 0 Å². The van der Waals surface area contributed by atoms with Gasteiger partial charge in [-0.3, -0.25) is 4.90 Å². The van der Waals surface area contributed by atoms with Gasteiger partial charge in [-0.2, -0.15) is 4.98 Å². The van der Waals surface area contributed by atoms with Gasteiger partial charge in [-0.15, -0.1) is 0 Å². The van der Waals surface area contributed by atoms with Gasteiger partial charge in [0.15, 0.2) is 11.5 Å². The number of nitrogens with zero attached hydrogens (tertiary/aromatic N) is 3. The molecule has 1 atom stereocenters. The number of aryl methyl sites for hydroxylation is 1. The third kappa shape index (κ3) is 4.04. The Morgan fingerprint density at radius 2 is 1.81 bits per heavy atom. The summed E-state index contributed by atoms with van der Waals surface area (Å²) in [6, 6.07) is 20.0. The molecule has 0 aliphatic carbocycles. The number of fused-ring (bicyclic) bond motifs is 1. The number of rotatable bonds is 5. The Morgan fingerprint density at radius 1 is 1.00 bits per heavy atom. The van der Waals surface area contributed by atoms with Crippen molar-refractivity contribution in [3.8, 4) is 28.6 Å². The standard InChI is InChI=1S/C28H24N4O5/c1-16-7-10-20(11-8-16)32-17(2)24(25(29-28(32)33)18-5-4-6-21(13-18)34-3)27-30-26(31-37-27)19-9-12-22-23(14-19)36-15-35-22/h4-14,25H,15H2,1-3H3,(H,29,33). The van der Waals surface area contributed by atoms with Gasteiger partial charge in [0.1, 0.15) is 5.75 Å². The first-order valence-electron chi connectivity index (χ1n) is 11.8. The molecule has 0 saturated carbocycles. The van der Waals surface area contributed by atoms with Crippen LogP contribution in [0, 0.1) is 6.92 Å². The number of carbonyl (C=O) groups is 1. The molecule has 0 saturated heterocycles. The van der Waals surface area contributed by atoms with Crippen molar-refractivity contribution in [2.24, 2.45) is 0 Å². The zero-order valence-electron chi connectivity index (χ0n) is 20.5. The summed E-state index contributed by atoms with van der Waals surface area (Å²) in [4.78, 5) is 19.7. The molecule has 0 bridgehead atoms. The summed E-state index contributed by atoms with van der Waals surface area (Å²) in [5.74, 6) is 2.68. The molecule has 37 heavy (non-hydrogen) atoms. The Kier molecular flexibility index (Phi) is 5.52. The largest absolute Gasteiger partial charge is 0.497 e. The zero-order valence-corrected chi connectivity index (χ0v) is 20.5. The highest BCUT2D eigenvalue weighted by Crippen LogP contribution is 2.40. The van der Waals surface area contributed by atoms with E-state index in [2.05, 4.69) is 10.5 Å². The van der Waals surface area contributed by atoms with E-state index in [1.807, 2.05) is 80.6 Å². The van der Waals surface area contributed by atoms with Crippen molar-refractivity contribution in [2.75, 3.05) is 18.8 Å². The highest BCUT2D eigenvalue weighted by molar-refractivity contribution is 6.01. The Morgan fingerprint density at radius 3 is 2.62 bits per heavy atom. The Labute approximate surface area is 213 Å². The lowest BCUT2D eigenvalue weighted by atomic mass is 9.94. The molecule has 9 nitrogen and oxygen atoms in total. The van der Waals surface area contributed by atoms with Gasteiger partial charge in [0.25, 0.3) is 5.89 Å². The molecule has 0 radical (unpaired) electrons. The van der Waals surface area contributed by atoms with Gasteiger partial charge in [-0.1, -0.05) is 35.0 Å². The van der Waals surface area contributed by atoms with Crippen LogP contribution in [-0.4, -0.2) is 30.1 Å². The van der Waals surface area contributed by atoms with Crippen LogP contribution in [0.15, 0.2) is 77.0 Å². The smallest absolute Gasteiger partial charge is 0.326 e. The highest BCUT2D eigenvalue weighted by Gasteiger charge is 2.36. The molecule has 2 aliphatic heterocycles. The van der Waals surface area contributed by atoms with Crippen molar-refractivity contribution < 1.29 is 23.5 Å². The molecule has 1 N–H and O–H groups in total. The number of amides is 2. The molecule has 6 rings (SSSR count). The minimum atomic E-state index is -0.533. The van der Waals surface area contributed by atoms with Gasteiger partial charge >= 0.3 is 6.03 Å². The van der Waals surface area contributed by atoms with Crippen LogP contribution >= 0.6 is 0 Å². The molecule has 1 aromatic heterocycles. The zero-order chi connectivity index (χ0) is 25.5. The molecule has 0 fully saturated rings. The van der Waals surface area contributed by atoms with E-state index >= 15 is 0 Å². The number of hydrogen-bond donors (Lipinski definition) is 1. The van der Waals surface area contributed by atoms with Crippen LogP contribution in [0.1, 0.15) is 30.0 Å². The number of methoxy groups -OCH3 is 1. The van der Waals surface area contributed by atoms with Crippen molar-refractivity contribution in [3.05, 3.63) is 89.4 Å². The van der Waals surface area contributed by atoms with E-state index in [1.165, 1.54) is 0 Å². The fourth-order valence-corrected chi connectivity index (χ4v) is 4.58. The number of allylic oxidation sites excluding steroid dienone is 1. The fraction of sp³-hybridized carbons (Fsp3) is 0.179. The first-order chi connectivity index (χ1) is 18.0. The maximum Gasteiger partial charge on any atom is 0.326 e. The number of hydrogen-bond acceptors (Lipinski definition) is 7. The summed E-state index contributed by atoms with van der Waals surface area (Å²) < 4.78 is 22.1. The molecule has 2 aliphatic rings. The molecule has 4 aromatic rings. The normalized spacial score (nSPS) is 16.7. The molecule has 186 valence electrons. The van der Waals surface area contributed by atoms with E-state index < -0.39 is 6.04 Å². The van der Waals surface area contributed by atoms with Gasteiger partial charge in [0.05, 0.1) is 24.4 Å². The lowest BCUT2D eigenvalue weighted by molar-refractivity contribution is 0.174. The van der Waals surface area contributed by atoms with Gasteiger partial charge in [0.2, 0.25) is 12.6 Å². The quantitative estimate of drug-likeness (QED) is 0.390. The number of ether oxygens (including phenoxy) is 3. The lowest BCUT2D eigenvalue weighted by Gasteiger charge is -2.35. The van der Waals surface area contributed by atoms with E-state index in [9.17, 15) is 4.79 Å². The number of benzene rings is 3. The molecular formula is C28H24N4O5. The highest BCUT2D eigenvalue weighted by atomic mass is 16.7. The van der Waals surface area contributed by atoms with Gasteiger partial charge in [0, 0.05) is 11.3 Å². The Bertz CT molecular complexity index is 1530. The molecule has 3 heterocycles. The number of carbonyl (C=O) groups excluding carboxylic acids is 1. The topological polar surface area (TPSA) is 99.0 Å². The second-order valence-corrected chi connectivity index (χ2v) is 8.82. The molecular weight excluding hydrogens is 472 g/mol. The van der Waals surface area contributed by atoms with Crippen LogP contribution < -0.4 is 24.4 Å². The monoisotopic (exact) mass is 496 g/mol. The summed E-state index contributed by atoms with van der Waals surface area (Å²) in [7, 11) is 1.61. The van der Waals surface area contributed by atoms with Crippen molar-refractivity contribution in [1.29, 1.82) is 0 Å². The maximum absolute atomic E-state index is 13.4. The molecule has 9 heteroatoms. The van der Waals surface area contributed by atoms with Crippen LogP contribution in [0.4, 0.5) is 10.5 Å². The van der Waals surface area contributed by atoms with Crippen molar-refractivity contribution in [1.82, 2.24) is 15.5 Å². The first-order valence-corrected chi connectivity index (χ1v) is 11.8. The number of anilines is 1. The second kappa shape index (κ2) is 9.02. The van der Waals surface area contributed by atoms with Gasteiger partial charge in [-0.05, 0) is 61.9 Å². The summed E-state index contributed by atoms with van der Waals surface area (Å²) >= 11 is 0. The summed E-state index contributed by atoms with van der Waals surface area (Å²) in [6.45, 7) is 4.06. The average molecular weight is 497 g/mol. The summed E-state index contributed by atoms with van der Waals surface area (Å²) in [5, 5.41) is 7.36. The summed E-state index contributed by atoms with van der Waals surface area (Å²) in [6.07, 6.45) is 0. The predicted octanol–water partition coefficient (Wildman–Crippen LogP) is 5.48. The van der Waals surface area contributed by atoms with Crippen LogP contribution in [0.25, 0.3) is 17.0 Å². The van der Waals surface area contributed by atoms with Crippen LogP contribution in [0.5, 0.6) is 17.2 Å². The average Bonchev–Trinajstić information content (AvgIpc) is 3.59. The van der Waals surface area contributed by atoms with Crippen molar-refractivity contribution in [3.63, 3.8) is 0 Å². The third-order valence-electron chi connectivity index (χ3n) is 6.49. The minimum Gasteiger partial charge on any atom is -0.497 e. The molecule has 2 amide bonds. The van der Waals surface area contributed by atoms with Crippen molar-refractivity contribution in [2.45, 2.75) is 19.9 Å². The lowest BCUT2D eigenvalue weighted by Crippen LogP contribution is -2.46. The molecule has 0 spiro atoms. The number of aromatic nitrogens is 2. The number of urea groups is 1. The van der Waals surface area contributed by atoms with Gasteiger partial charge in [-0.25, -0.2) is 4.79 Å². The third-order valence-corrected chi connectivity index (χ3v) is 6.49. The fourth-order valence-electron chi connectivity index (χ4n) is 4.58. The maximum atomic E-state index is 13.4. The first kappa shape index (κ1) is 22.7. The van der Waals surface area contributed by atoms with E-state index in [0.717, 1.165) is 22.4 Å². The number of nitrogens with one attached hydrogen (secondary N) is 1. The van der Waals surface area contributed by atoms with Crippen LogP contribution in [-0.2, 0) is 0 Å². The molecule has 1 unspecified atom stereocenters. The van der Waals surface area contributed by atoms with E-state index in [-0.39, 0.29) is 12.8 Å². The molecule has 3 aromatic carbocycles. The SMILES string of the molecule is COc1cccc(C2NC(=O)N(c3ccc(C)cc3)C(C)=C2c2nc(-c3ccc4c(c3)OCO4)no2)c1. The van der Waals surface area contributed by atoms with Crippen LogP contribution in [0.2, 0.25) is 0 Å². The van der Waals surface area contributed by atoms with Gasteiger partial charge < -0.3 is 24.1 Å². The van der Waals surface area contributed by atoms with E-state index in [4.69, 9.17) is 23.7 Å².